The molecule has 0 aromatic rings. The van der Waals surface area contributed by atoms with Gasteiger partial charge in [-0.05, 0) is 0 Å². The van der Waals surface area contributed by atoms with E-state index in [-0.39, 0.29) is 5.60 Å². The first-order chi connectivity index (χ1) is 9.24. The standard InChI is InChI=1S/C15H27O3.Tl/c1-3-6-12-8-9-14-15(4-2,18-12)11-13(17-14)7-5-10-16;/h12-14H,3-11H2,1-2H3;/q-1;+1. The molecule has 0 amide bonds. The molecule has 4 atom stereocenters. The summed E-state index contributed by atoms with van der Waals surface area (Å²) >= 11 is 0.664. The topological polar surface area (TPSA) is 27.7 Å². The van der Waals surface area contributed by atoms with Gasteiger partial charge in [-0.25, -0.2) is 0 Å². The van der Waals surface area contributed by atoms with Gasteiger partial charge < -0.3 is 0 Å². The molecule has 0 aromatic heterocycles. The molecule has 3 nitrogen and oxygen atoms in total. The van der Waals surface area contributed by atoms with Crippen molar-refractivity contribution in [2.45, 2.75) is 89.1 Å². The summed E-state index contributed by atoms with van der Waals surface area (Å²) < 4.78 is 18.0. The minimum atomic E-state index is 0.0202. The molecule has 0 aliphatic carbocycles. The molecule has 0 aromatic carbocycles. The van der Waals surface area contributed by atoms with Gasteiger partial charge >= 0.3 is 134 Å². The number of fused-ring (bicyclic) bond motifs is 1. The Morgan fingerprint density at radius 2 is 2.05 bits per heavy atom. The van der Waals surface area contributed by atoms with Crippen molar-refractivity contribution in [1.82, 2.24) is 0 Å². The Labute approximate surface area is 134 Å². The van der Waals surface area contributed by atoms with E-state index in [2.05, 4.69) is 13.8 Å². The first-order valence-electron chi connectivity index (χ1n) is 7.89. The summed E-state index contributed by atoms with van der Waals surface area (Å²) in [7, 11) is 0. The molecule has 4 heteroatoms. The van der Waals surface area contributed by atoms with Crippen molar-refractivity contribution in [1.29, 1.82) is 0 Å². The number of ether oxygens (including phenoxy) is 2. The van der Waals surface area contributed by atoms with Gasteiger partial charge in [-0.3, -0.25) is 0 Å². The van der Waals surface area contributed by atoms with Gasteiger partial charge in [0.05, 0.1) is 0 Å². The Kier molecular flexibility index (Phi) is 6.56. The molecular formula is C15H27O3Tl. The van der Waals surface area contributed by atoms with E-state index >= 15 is 0 Å². The summed E-state index contributed by atoms with van der Waals surface area (Å²) in [6, 6.07) is 0. The van der Waals surface area contributed by atoms with E-state index in [0.717, 1.165) is 32.3 Å². The Bertz CT molecular complexity index is 274. The SMILES string of the molecule is CCCC1CCC2OC(CCC[O][Tl])CC2(CC)O1. The molecule has 0 radical (unpaired) electrons. The van der Waals surface area contributed by atoms with E-state index in [0.29, 0.717) is 44.5 Å². The van der Waals surface area contributed by atoms with Crippen LogP contribution >= 0.6 is 0 Å². The van der Waals surface area contributed by atoms with E-state index in [1.807, 2.05) is 0 Å². The summed E-state index contributed by atoms with van der Waals surface area (Å²) in [5.74, 6) is 0. The number of hydrogen-bond donors (Lipinski definition) is 0. The molecular weight excluding hydrogens is 433 g/mol. The van der Waals surface area contributed by atoms with Gasteiger partial charge in [0, 0.05) is 0 Å². The van der Waals surface area contributed by atoms with E-state index < -0.39 is 0 Å². The predicted molar refractivity (Wildman–Crippen MR) is 76.3 cm³/mol. The summed E-state index contributed by atoms with van der Waals surface area (Å²) in [5.41, 5.74) is 0.0202. The van der Waals surface area contributed by atoms with Crippen molar-refractivity contribution >= 4 is 26.2 Å². The molecule has 19 heavy (non-hydrogen) atoms. The molecule has 0 bridgehead atoms. The molecule has 108 valence electrons. The fourth-order valence-electron chi connectivity index (χ4n) is 3.65. The second kappa shape index (κ2) is 7.71. The fraction of sp³-hybridized carbons (Fsp3) is 1.00. The van der Waals surface area contributed by atoms with Crippen molar-refractivity contribution in [2.75, 3.05) is 6.61 Å². The van der Waals surface area contributed by atoms with Crippen molar-refractivity contribution in [3.63, 3.8) is 0 Å². The molecule has 0 spiro atoms. The van der Waals surface area contributed by atoms with Crippen LogP contribution < -0.4 is 0 Å². The Balaban J connectivity index is 1.90. The minimum absolute atomic E-state index is 0.0202. The summed E-state index contributed by atoms with van der Waals surface area (Å²) in [5, 5.41) is 0. The second-order valence-corrected chi connectivity index (χ2v) is 7.28. The second-order valence-electron chi connectivity index (χ2n) is 5.99. The van der Waals surface area contributed by atoms with Crippen LogP contribution in [0.3, 0.4) is 0 Å². The average Bonchev–Trinajstić information content (AvgIpc) is 2.78. The average molecular weight is 460 g/mol. The van der Waals surface area contributed by atoms with Crippen molar-refractivity contribution < 1.29 is 12.2 Å². The summed E-state index contributed by atoms with van der Waals surface area (Å²) in [4.78, 5) is 0. The van der Waals surface area contributed by atoms with E-state index in [9.17, 15) is 0 Å². The summed E-state index contributed by atoms with van der Waals surface area (Å²) in [6.07, 6.45) is 10.4. The van der Waals surface area contributed by atoms with Crippen LogP contribution in [-0.2, 0) is 12.2 Å². The summed E-state index contributed by atoms with van der Waals surface area (Å²) in [6.45, 7) is 5.42. The Hall–Kier alpha value is 0.802. The van der Waals surface area contributed by atoms with Crippen LogP contribution in [0.4, 0.5) is 0 Å². The van der Waals surface area contributed by atoms with Crippen molar-refractivity contribution in [3.8, 4) is 0 Å². The maximum atomic E-state index is 6.48. The predicted octanol–water partition coefficient (Wildman–Crippen LogP) is 3.15. The zero-order chi connectivity index (χ0) is 13.7. The molecule has 2 aliphatic rings. The van der Waals surface area contributed by atoms with Crippen LogP contribution in [0.5, 0.6) is 0 Å². The van der Waals surface area contributed by atoms with Crippen molar-refractivity contribution in [3.05, 3.63) is 0 Å². The number of hydrogen-bond acceptors (Lipinski definition) is 3. The maximum absolute atomic E-state index is 6.48. The third kappa shape index (κ3) is 3.92. The first kappa shape index (κ1) is 16.2. The van der Waals surface area contributed by atoms with E-state index in [1.165, 1.54) is 25.7 Å². The molecule has 2 saturated heterocycles. The van der Waals surface area contributed by atoms with Crippen molar-refractivity contribution in [2.24, 2.45) is 0 Å². The Morgan fingerprint density at radius 3 is 2.74 bits per heavy atom. The molecule has 0 saturated carbocycles. The molecule has 4 unspecified atom stereocenters. The fourth-order valence-corrected chi connectivity index (χ4v) is 4.30. The van der Waals surface area contributed by atoms with Crippen LogP contribution in [0.15, 0.2) is 0 Å². The van der Waals surface area contributed by atoms with Crippen LogP contribution in [0.1, 0.15) is 65.2 Å². The van der Waals surface area contributed by atoms with Crippen LogP contribution in [0.25, 0.3) is 0 Å². The van der Waals surface area contributed by atoms with Gasteiger partial charge in [-0.1, -0.05) is 0 Å². The van der Waals surface area contributed by atoms with Gasteiger partial charge in [0.25, 0.3) is 0 Å². The molecule has 2 fully saturated rings. The molecule has 0 N–H and O–H groups in total. The van der Waals surface area contributed by atoms with Gasteiger partial charge in [0.1, 0.15) is 0 Å². The molecule has 2 heterocycles. The van der Waals surface area contributed by atoms with Gasteiger partial charge in [0.15, 0.2) is 0 Å². The monoisotopic (exact) mass is 460 g/mol. The van der Waals surface area contributed by atoms with Crippen LogP contribution in [0.2, 0.25) is 0 Å². The third-order valence-corrected chi connectivity index (χ3v) is 5.58. The zero-order valence-electron chi connectivity index (χ0n) is 12.4. The number of rotatable bonds is 7. The van der Waals surface area contributed by atoms with Gasteiger partial charge in [0.2, 0.25) is 0 Å². The van der Waals surface area contributed by atoms with Gasteiger partial charge in [-0.15, -0.1) is 0 Å². The van der Waals surface area contributed by atoms with E-state index in [1.54, 1.807) is 0 Å². The third-order valence-electron chi connectivity index (χ3n) is 4.67. The van der Waals surface area contributed by atoms with E-state index in [4.69, 9.17) is 12.2 Å². The van der Waals surface area contributed by atoms with Crippen LogP contribution in [0, 0.1) is 0 Å². The molecule has 2 aliphatic heterocycles. The van der Waals surface area contributed by atoms with Crippen LogP contribution in [-0.4, -0.2) is 56.7 Å². The normalized spacial score (nSPS) is 38.3. The zero-order valence-corrected chi connectivity index (χ0v) is 16.9. The first-order valence-corrected chi connectivity index (χ1v) is 9.72. The Morgan fingerprint density at radius 1 is 1.21 bits per heavy atom. The molecule has 2 rings (SSSR count). The van der Waals surface area contributed by atoms with Gasteiger partial charge in [-0.2, -0.15) is 0 Å². The quantitative estimate of drug-likeness (QED) is 0.432.